The van der Waals surface area contributed by atoms with E-state index < -0.39 is 0 Å². The van der Waals surface area contributed by atoms with Crippen molar-refractivity contribution in [1.82, 2.24) is 10.2 Å². The fraction of sp³-hybridized carbons (Fsp3) is 0.400. The summed E-state index contributed by atoms with van der Waals surface area (Å²) in [6.07, 6.45) is 0.778. The summed E-state index contributed by atoms with van der Waals surface area (Å²) >= 11 is 7.20. The maximum Gasteiger partial charge on any atom is 0.265 e. The molecular formula is C10H11ClN2O2S. The van der Waals surface area contributed by atoms with Gasteiger partial charge in [0.2, 0.25) is 5.91 Å². The number of rotatable bonds is 1. The zero-order chi connectivity index (χ0) is 11.5. The van der Waals surface area contributed by atoms with Crippen LogP contribution in [-0.2, 0) is 4.79 Å². The van der Waals surface area contributed by atoms with E-state index in [2.05, 4.69) is 5.32 Å². The summed E-state index contributed by atoms with van der Waals surface area (Å²) in [5, 5.41) is 4.96. The molecule has 1 fully saturated rings. The van der Waals surface area contributed by atoms with Gasteiger partial charge in [-0.2, -0.15) is 0 Å². The molecule has 86 valence electrons. The molecule has 1 aliphatic heterocycles. The normalized spacial score (nSPS) is 16.8. The van der Waals surface area contributed by atoms with Gasteiger partial charge in [0.1, 0.15) is 4.88 Å². The largest absolute Gasteiger partial charge is 0.354 e. The van der Waals surface area contributed by atoms with Crippen LogP contribution in [0.1, 0.15) is 16.1 Å². The third-order valence-electron chi connectivity index (χ3n) is 2.36. The molecule has 4 nitrogen and oxygen atoms in total. The minimum Gasteiger partial charge on any atom is -0.354 e. The van der Waals surface area contributed by atoms with E-state index in [1.807, 2.05) is 0 Å². The predicted octanol–water partition coefficient (Wildman–Crippen LogP) is 1.36. The van der Waals surface area contributed by atoms with Gasteiger partial charge in [0.15, 0.2) is 0 Å². The number of nitrogens with zero attached hydrogens (tertiary/aromatic N) is 1. The Kier molecular flexibility index (Phi) is 3.46. The van der Waals surface area contributed by atoms with Crippen LogP contribution >= 0.6 is 22.9 Å². The van der Waals surface area contributed by atoms with Gasteiger partial charge in [-0.05, 0) is 17.9 Å². The lowest BCUT2D eigenvalue weighted by Gasteiger charge is -2.18. The number of hydrogen-bond donors (Lipinski definition) is 1. The number of thiophene rings is 1. The van der Waals surface area contributed by atoms with Crippen LogP contribution < -0.4 is 5.32 Å². The Morgan fingerprint density at radius 2 is 2.38 bits per heavy atom. The van der Waals surface area contributed by atoms with Crippen molar-refractivity contribution in [3.05, 3.63) is 21.3 Å². The van der Waals surface area contributed by atoms with Crippen molar-refractivity contribution in [2.45, 2.75) is 6.42 Å². The minimum absolute atomic E-state index is 0.112. The van der Waals surface area contributed by atoms with Gasteiger partial charge in [0.25, 0.3) is 5.91 Å². The van der Waals surface area contributed by atoms with Crippen molar-refractivity contribution < 1.29 is 9.59 Å². The highest BCUT2D eigenvalue weighted by Crippen LogP contribution is 2.23. The number of carbonyl (C=O) groups is 2. The molecule has 1 aromatic rings. The Morgan fingerprint density at radius 3 is 3.06 bits per heavy atom. The Bertz CT molecular complexity index is 419. The van der Waals surface area contributed by atoms with E-state index >= 15 is 0 Å². The molecule has 2 heterocycles. The Balaban J connectivity index is 2.15. The molecule has 1 N–H and O–H groups in total. The molecule has 0 atom stereocenters. The first-order valence-corrected chi connectivity index (χ1v) is 6.23. The van der Waals surface area contributed by atoms with Gasteiger partial charge in [0, 0.05) is 13.1 Å². The van der Waals surface area contributed by atoms with Crippen LogP contribution in [0.3, 0.4) is 0 Å². The summed E-state index contributed by atoms with van der Waals surface area (Å²) in [7, 11) is 0. The molecule has 0 aromatic carbocycles. The number of nitrogens with one attached hydrogen (secondary N) is 1. The quantitative estimate of drug-likeness (QED) is 0.827. The molecular weight excluding hydrogens is 248 g/mol. The first-order valence-electron chi connectivity index (χ1n) is 4.97. The lowest BCUT2D eigenvalue weighted by Crippen LogP contribution is -2.37. The van der Waals surface area contributed by atoms with Crippen molar-refractivity contribution in [1.29, 1.82) is 0 Å². The third kappa shape index (κ3) is 2.36. The van der Waals surface area contributed by atoms with Crippen molar-refractivity contribution in [3.63, 3.8) is 0 Å². The van der Waals surface area contributed by atoms with Gasteiger partial charge < -0.3 is 10.2 Å². The summed E-state index contributed by atoms with van der Waals surface area (Å²) in [4.78, 5) is 25.4. The smallest absolute Gasteiger partial charge is 0.265 e. The van der Waals surface area contributed by atoms with Crippen molar-refractivity contribution in [2.24, 2.45) is 0 Å². The molecule has 6 heteroatoms. The SMILES string of the molecule is O=C1CN(C(=O)c2sccc2Cl)CCCN1. The summed E-state index contributed by atoms with van der Waals surface area (Å²) < 4.78 is 0. The van der Waals surface area contributed by atoms with Gasteiger partial charge in [-0.15, -0.1) is 11.3 Å². The van der Waals surface area contributed by atoms with Crippen LogP contribution in [0.2, 0.25) is 5.02 Å². The first kappa shape index (κ1) is 11.4. The van der Waals surface area contributed by atoms with Crippen LogP contribution in [0.15, 0.2) is 11.4 Å². The summed E-state index contributed by atoms with van der Waals surface area (Å²) in [6, 6.07) is 1.69. The average Bonchev–Trinajstić information content (AvgIpc) is 2.55. The van der Waals surface area contributed by atoms with E-state index in [4.69, 9.17) is 11.6 Å². The molecule has 2 rings (SSSR count). The van der Waals surface area contributed by atoms with Crippen molar-refractivity contribution >= 4 is 34.8 Å². The summed E-state index contributed by atoms with van der Waals surface area (Å²) in [5.41, 5.74) is 0. The molecule has 1 aromatic heterocycles. The molecule has 0 unspecified atom stereocenters. The van der Waals surface area contributed by atoms with Crippen LogP contribution in [0.5, 0.6) is 0 Å². The average molecular weight is 259 g/mol. The van der Waals surface area contributed by atoms with Crippen molar-refractivity contribution in [3.8, 4) is 0 Å². The molecule has 1 saturated heterocycles. The van der Waals surface area contributed by atoms with Gasteiger partial charge in [-0.25, -0.2) is 0 Å². The minimum atomic E-state index is -0.156. The van der Waals surface area contributed by atoms with Crippen LogP contribution in [0.4, 0.5) is 0 Å². The maximum absolute atomic E-state index is 12.1. The zero-order valence-electron chi connectivity index (χ0n) is 8.53. The Morgan fingerprint density at radius 1 is 1.56 bits per heavy atom. The second-order valence-electron chi connectivity index (χ2n) is 3.53. The Hall–Kier alpha value is -1.07. The predicted molar refractivity (Wildman–Crippen MR) is 62.9 cm³/mol. The first-order chi connectivity index (χ1) is 7.68. The second-order valence-corrected chi connectivity index (χ2v) is 4.85. The molecule has 0 radical (unpaired) electrons. The number of carbonyl (C=O) groups excluding carboxylic acids is 2. The van der Waals surface area contributed by atoms with E-state index in [-0.39, 0.29) is 18.4 Å². The van der Waals surface area contributed by atoms with E-state index in [1.54, 1.807) is 16.3 Å². The van der Waals surface area contributed by atoms with Gasteiger partial charge >= 0.3 is 0 Å². The zero-order valence-corrected chi connectivity index (χ0v) is 10.1. The molecule has 0 spiro atoms. The lowest BCUT2D eigenvalue weighted by atomic mass is 10.3. The second kappa shape index (κ2) is 4.84. The molecule has 0 saturated carbocycles. The van der Waals surface area contributed by atoms with Crippen LogP contribution in [-0.4, -0.2) is 36.3 Å². The van der Waals surface area contributed by atoms with Crippen LogP contribution in [0, 0.1) is 0 Å². The highest BCUT2D eigenvalue weighted by molar-refractivity contribution is 7.12. The molecule has 2 amide bonds. The lowest BCUT2D eigenvalue weighted by molar-refractivity contribution is -0.121. The van der Waals surface area contributed by atoms with E-state index in [9.17, 15) is 9.59 Å². The maximum atomic E-state index is 12.1. The van der Waals surface area contributed by atoms with E-state index in [1.165, 1.54) is 11.3 Å². The molecule has 0 bridgehead atoms. The number of hydrogen-bond acceptors (Lipinski definition) is 3. The summed E-state index contributed by atoms with van der Waals surface area (Å²) in [5.74, 6) is -0.268. The number of amides is 2. The van der Waals surface area contributed by atoms with Gasteiger partial charge in [0.05, 0.1) is 11.6 Å². The summed E-state index contributed by atoms with van der Waals surface area (Å²) in [6.45, 7) is 1.33. The standard InChI is InChI=1S/C10H11ClN2O2S/c11-7-2-5-16-9(7)10(15)13-4-1-3-12-8(14)6-13/h2,5H,1,3-4,6H2,(H,12,14). The van der Waals surface area contributed by atoms with Gasteiger partial charge in [-0.1, -0.05) is 11.6 Å². The fourth-order valence-electron chi connectivity index (χ4n) is 1.57. The van der Waals surface area contributed by atoms with E-state index in [0.717, 1.165) is 6.42 Å². The number of halogens is 1. The van der Waals surface area contributed by atoms with Crippen LogP contribution in [0.25, 0.3) is 0 Å². The highest BCUT2D eigenvalue weighted by Gasteiger charge is 2.23. The third-order valence-corrected chi connectivity index (χ3v) is 3.69. The monoisotopic (exact) mass is 258 g/mol. The Labute approximate surface area is 102 Å². The highest BCUT2D eigenvalue weighted by atomic mass is 35.5. The molecule has 1 aliphatic rings. The molecule has 0 aliphatic carbocycles. The van der Waals surface area contributed by atoms with Crippen molar-refractivity contribution in [2.75, 3.05) is 19.6 Å². The molecule has 16 heavy (non-hydrogen) atoms. The van der Waals surface area contributed by atoms with E-state index in [0.29, 0.717) is 23.0 Å². The fourth-order valence-corrected chi connectivity index (χ4v) is 2.67. The topological polar surface area (TPSA) is 49.4 Å². The van der Waals surface area contributed by atoms with Gasteiger partial charge in [-0.3, -0.25) is 9.59 Å².